The van der Waals surface area contributed by atoms with E-state index in [-0.39, 0.29) is 23.9 Å². The van der Waals surface area contributed by atoms with Crippen molar-refractivity contribution in [2.24, 2.45) is 0 Å². The van der Waals surface area contributed by atoms with Crippen LogP contribution in [0.3, 0.4) is 0 Å². The molecule has 2 aromatic rings. The lowest BCUT2D eigenvalue weighted by Gasteiger charge is -2.16. The number of nitrogens with zero attached hydrogens (tertiary/aromatic N) is 1. The molecule has 0 spiro atoms. The van der Waals surface area contributed by atoms with Crippen LogP contribution in [0, 0.1) is 5.82 Å². The lowest BCUT2D eigenvalue weighted by Crippen LogP contribution is -2.36. The Morgan fingerprint density at radius 1 is 1.19 bits per heavy atom. The maximum atomic E-state index is 13.7. The Balaban J connectivity index is 1.65. The second-order valence-electron chi connectivity index (χ2n) is 6.40. The van der Waals surface area contributed by atoms with E-state index in [0.717, 1.165) is 5.56 Å². The van der Waals surface area contributed by atoms with Gasteiger partial charge in [0.2, 0.25) is 11.8 Å². The number of hydrogen-bond acceptors (Lipinski definition) is 4. The molecule has 2 N–H and O–H groups in total. The molecule has 1 fully saturated rings. The fourth-order valence-electron chi connectivity index (χ4n) is 3.02. The number of anilines is 2. The van der Waals surface area contributed by atoms with E-state index in [4.69, 9.17) is 0 Å². The van der Waals surface area contributed by atoms with Crippen LogP contribution >= 0.6 is 0 Å². The van der Waals surface area contributed by atoms with Gasteiger partial charge in [-0.15, -0.1) is 0 Å². The molecule has 0 bridgehead atoms. The van der Waals surface area contributed by atoms with Crippen molar-refractivity contribution in [3.8, 4) is 0 Å². The molecule has 1 heterocycles. The van der Waals surface area contributed by atoms with Crippen molar-refractivity contribution in [2.75, 3.05) is 17.2 Å². The Labute approximate surface area is 156 Å². The number of rotatable bonds is 6. The van der Waals surface area contributed by atoms with Crippen molar-refractivity contribution >= 4 is 29.1 Å². The number of carbonyl (C=O) groups excluding carboxylic acids is 3. The van der Waals surface area contributed by atoms with Gasteiger partial charge in [0, 0.05) is 19.2 Å². The number of benzene rings is 2. The Hall–Kier alpha value is -3.22. The van der Waals surface area contributed by atoms with E-state index in [1.54, 1.807) is 0 Å². The molecule has 6 nitrogen and oxygen atoms in total. The first kappa shape index (κ1) is 18.6. The van der Waals surface area contributed by atoms with Crippen LogP contribution in [0.4, 0.5) is 15.8 Å². The normalized spacial score (nSPS) is 16.5. The molecule has 1 aliphatic heterocycles. The average molecular weight is 369 g/mol. The number of imide groups is 1. The van der Waals surface area contributed by atoms with E-state index >= 15 is 0 Å². The first-order valence-corrected chi connectivity index (χ1v) is 8.66. The van der Waals surface area contributed by atoms with Crippen LogP contribution in [0.25, 0.3) is 0 Å². The SMILES string of the molecule is CC(=O)Nc1cc(N[C@H]2CC(=O)N(CCc3ccccc3)C2=O)ccc1F. The summed E-state index contributed by atoms with van der Waals surface area (Å²) in [6.07, 6.45) is 0.634. The van der Waals surface area contributed by atoms with Crippen LogP contribution in [-0.4, -0.2) is 35.2 Å². The van der Waals surface area contributed by atoms with Crippen LogP contribution in [0.2, 0.25) is 0 Å². The molecule has 0 unspecified atom stereocenters. The van der Waals surface area contributed by atoms with Gasteiger partial charge in [-0.1, -0.05) is 30.3 Å². The van der Waals surface area contributed by atoms with Crippen molar-refractivity contribution in [1.29, 1.82) is 0 Å². The summed E-state index contributed by atoms with van der Waals surface area (Å²) in [4.78, 5) is 37.2. The fourth-order valence-corrected chi connectivity index (χ4v) is 3.02. The summed E-state index contributed by atoms with van der Waals surface area (Å²) in [6, 6.07) is 13.0. The van der Waals surface area contributed by atoms with Gasteiger partial charge in [-0.25, -0.2) is 4.39 Å². The van der Waals surface area contributed by atoms with E-state index in [0.29, 0.717) is 18.7 Å². The van der Waals surface area contributed by atoms with Gasteiger partial charge in [0.05, 0.1) is 12.1 Å². The topological polar surface area (TPSA) is 78.5 Å². The molecular weight excluding hydrogens is 349 g/mol. The third-order valence-corrected chi connectivity index (χ3v) is 4.33. The lowest BCUT2D eigenvalue weighted by atomic mass is 10.1. The molecule has 3 rings (SSSR count). The largest absolute Gasteiger partial charge is 0.373 e. The number of amides is 3. The van der Waals surface area contributed by atoms with E-state index < -0.39 is 17.8 Å². The minimum Gasteiger partial charge on any atom is -0.373 e. The number of halogens is 1. The molecule has 27 heavy (non-hydrogen) atoms. The van der Waals surface area contributed by atoms with E-state index in [9.17, 15) is 18.8 Å². The maximum absolute atomic E-state index is 13.7. The summed E-state index contributed by atoms with van der Waals surface area (Å²) in [7, 11) is 0. The van der Waals surface area contributed by atoms with Gasteiger partial charge in [-0.2, -0.15) is 0 Å². The van der Waals surface area contributed by atoms with Gasteiger partial charge in [0.25, 0.3) is 5.91 Å². The smallest absolute Gasteiger partial charge is 0.252 e. The van der Waals surface area contributed by atoms with Gasteiger partial charge < -0.3 is 10.6 Å². The highest BCUT2D eigenvalue weighted by Gasteiger charge is 2.38. The quantitative estimate of drug-likeness (QED) is 0.767. The van der Waals surface area contributed by atoms with E-state index in [2.05, 4.69) is 10.6 Å². The minimum absolute atomic E-state index is 0.0187. The zero-order valence-electron chi connectivity index (χ0n) is 14.9. The summed E-state index contributed by atoms with van der Waals surface area (Å²) in [6.45, 7) is 1.60. The van der Waals surface area contributed by atoms with Crippen LogP contribution < -0.4 is 10.6 Å². The summed E-state index contributed by atoms with van der Waals surface area (Å²) in [5.41, 5.74) is 1.52. The van der Waals surface area contributed by atoms with Gasteiger partial charge in [0.15, 0.2) is 0 Å². The molecule has 0 aliphatic carbocycles. The maximum Gasteiger partial charge on any atom is 0.252 e. The van der Waals surface area contributed by atoms with Crippen LogP contribution in [0.15, 0.2) is 48.5 Å². The third-order valence-electron chi connectivity index (χ3n) is 4.33. The number of nitrogens with one attached hydrogen (secondary N) is 2. The van der Waals surface area contributed by atoms with Gasteiger partial charge in [-0.3, -0.25) is 19.3 Å². The molecule has 2 aromatic carbocycles. The van der Waals surface area contributed by atoms with Crippen molar-refractivity contribution in [2.45, 2.75) is 25.8 Å². The second kappa shape index (κ2) is 7.99. The van der Waals surface area contributed by atoms with E-state index in [1.807, 2.05) is 30.3 Å². The average Bonchev–Trinajstić information content (AvgIpc) is 2.90. The van der Waals surface area contributed by atoms with Gasteiger partial charge in [0.1, 0.15) is 11.9 Å². The number of carbonyl (C=O) groups is 3. The molecule has 140 valence electrons. The summed E-state index contributed by atoms with van der Waals surface area (Å²) < 4.78 is 13.7. The highest BCUT2D eigenvalue weighted by atomic mass is 19.1. The monoisotopic (exact) mass is 369 g/mol. The molecule has 0 radical (unpaired) electrons. The molecule has 7 heteroatoms. The Kier molecular flexibility index (Phi) is 5.49. The summed E-state index contributed by atoms with van der Waals surface area (Å²) >= 11 is 0. The molecule has 1 saturated heterocycles. The molecule has 1 atom stereocenters. The minimum atomic E-state index is -0.705. The van der Waals surface area contributed by atoms with Gasteiger partial charge >= 0.3 is 0 Å². The van der Waals surface area contributed by atoms with Crippen molar-refractivity contribution in [3.05, 3.63) is 59.9 Å². The van der Waals surface area contributed by atoms with E-state index in [1.165, 1.54) is 30.0 Å². The van der Waals surface area contributed by atoms with Crippen LogP contribution in [0.1, 0.15) is 18.9 Å². The van der Waals surface area contributed by atoms with Crippen LogP contribution in [-0.2, 0) is 20.8 Å². The zero-order valence-corrected chi connectivity index (χ0v) is 14.9. The Bertz CT molecular complexity index is 870. The Morgan fingerprint density at radius 2 is 1.93 bits per heavy atom. The first-order chi connectivity index (χ1) is 12.9. The van der Waals surface area contributed by atoms with Crippen molar-refractivity contribution in [1.82, 2.24) is 4.90 Å². The highest BCUT2D eigenvalue weighted by molar-refractivity contribution is 6.06. The predicted octanol–water partition coefficient (Wildman–Crippen LogP) is 2.57. The predicted molar refractivity (Wildman–Crippen MR) is 99.6 cm³/mol. The fraction of sp³-hybridized carbons (Fsp3) is 0.250. The second-order valence-corrected chi connectivity index (χ2v) is 6.40. The summed E-state index contributed by atoms with van der Waals surface area (Å²) in [5.74, 6) is -1.52. The molecular formula is C20H20FN3O3. The van der Waals surface area contributed by atoms with Gasteiger partial charge in [-0.05, 0) is 30.2 Å². The number of likely N-dealkylation sites (tertiary alicyclic amines) is 1. The van der Waals surface area contributed by atoms with Crippen molar-refractivity contribution < 1.29 is 18.8 Å². The third kappa shape index (κ3) is 4.49. The first-order valence-electron chi connectivity index (χ1n) is 8.66. The number of hydrogen-bond donors (Lipinski definition) is 2. The lowest BCUT2D eigenvalue weighted by molar-refractivity contribution is -0.138. The van der Waals surface area contributed by atoms with Crippen LogP contribution in [0.5, 0.6) is 0 Å². The standard InChI is InChI=1S/C20H20FN3O3/c1-13(25)22-17-11-15(7-8-16(17)21)23-18-12-19(26)24(20(18)27)10-9-14-5-3-2-4-6-14/h2-8,11,18,23H,9-10,12H2,1H3,(H,22,25)/t18-/m0/s1. The molecule has 3 amide bonds. The zero-order chi connectivity index (χ0) is 19.4. The highest BCUT2D eigenvalue weighted by Crippen LogP contribution is 2.23. The Morgan fingerprint density at radius 3 is 2.63 bits per heavy atom. The summed E-state index contributed by atoms with van der Waals surface area (Å²) in [5, 5.41) is 5.35. The molecule has 0 aromatic heterocycles. The molecule has 1 aliphatic rings. The van der Waals surface area contributed by atoms with Crippen molar-refractivity contribution in [3.63, 3.8) is 0 Å². The molecule has 0 saturated carbocycles.